The van der Waals surface area contributed by atoms with Crippen molar-refractivity contribution >= 4 is 21.5 Å². The molecule has 13 heteroatoms. The summed E-state index contributed by atoms with van der Waals surface area (Å²) in [5.41, 5.74) is 2.96. The van der Waals surface area contributed by atoms with Crippen LogP contribution in [0, 0.1) is 11.3 Å². The molecule has 1 saturated heterocycles. The molecular weight excluding hydrogens is 520 g/mol. The van der Waals surface area contributed by atoms with Crippen LogP contribution in [0.4, 0.5) is 5.95 Å². The number of anilines is 1. The van der Waals surface area contributed by atoms with Gasteiger partial charge in [0.05, 0.1) is 48.9 Å². The van der Waals surface area contributed by atoms with Crippen molar-refractivity contribution in [2.45, 2.75) is 69.6 Å². The first kappa shape index (κ1) is 27.5. The molecule has 0 radical (unpaired) electrons. The van der Waals surface area contributed by atoms with Crippen LogP contribution in [0.15, 0.2) is 24.7 Å². The molecule has 0 aromatic carbocycles. The van der Waals surface area contributed by atoms with Crippen molar-refractivity contribution in [3.63, 3.8) is 0 Å². The molecule has 3 aromatic heterocycles. The van der Waals surface area contributed by atoms with Crippen molar-refractivity contribution in [3.8, 4) is 17.2 Å². The summed E-state index contributed by atoms with van der Waals surface area (Å²) >= 11 is 0. The lowest BCUT2D eigenvalue weighted by atomic mass is 9.85. The summed E-state index contributed by atoms with van der Waals surface area (Å²) < 4.78 is 35.0. The Hall–Kier alpha value is -3.05. The molecule has 2 aliphatic rings. The third-order valence-corrected chi connectivity index (χ3v) is 9.71. The predicted molar refractivity (Wildman–Crippen MR) is 146 cm³/mol. The lowest BCUT2D eigenvalue weighted by Gasteiger charge is -2.47. The van der Waals surface area contributed by atoms with E-state index in [-0.39, 0.29) is 43.3 Å². The summed E-state index contributed by atoms with van der Waals surface area (Å²) in [6.45, 7) is 4.59. The van der Waals surface area contributed by atoms with Crippen molar-refractivity contribution < 1.29 is 18.3 Å². The Morgan fingerprint density at radius 1 is 1.28 bits per heavy atom. The number of fused-ring (bicyclic) bond motifs is 1. The van der Waals surface area contributed by atoms with Crippen LogP contribution in [0.2, 0.25) is 0 Å². The van der Waals surface area contributed by atoms with E-state index in [0.717, 1.165) is 48.0 Å². The van der Waals surface area contributed by atoms with Crippen LogP contribution in [0.3, 0.4) is 0 Å². The molecular formula is C26H36N8O4S. The van der Waals surface area contributed by atoms with E-state index < -0.39 is 15.6 Å². The van der Waals surface area contributed by atoms with Gasteiger partial charge in [-0.05, 0) is 45.6 Å². The third kappa shape index (κ3) is 5.26. The number of aliphatic hydroxyl groups is 1. The monoisotopic (exact) mass is 556 g/mol. The normalized spacial score (nSPS) is 22.3. The standard InChI is InChI=1S/C26H36N8O4S/c1-4-39(36,37)32-16-26(17-32,9-10-27)33-14-20(12-29-33)22-11-23(19-5-7-21(35)8-6-19)34-24(22)13-28-25(31-34)30-18(2)15-38-3/h11-14,18-19,21,35H,4-9,15-17H2,1-3H3,(H,30,31)/t18-,19?,21?/m0/s1. The number of hydrogen-bond acceptors (Lipinski definition) is 9. The number of hydrogen-bond donors (Lipinski definition) is 2. The van der Waals surface area contributed by atoms with Gasteiger partial charge in [0, 0.05) is 55.2 Å². The summed E-state index contributed by atoms with van der Waals surface area (Å²) in [4.78, 5) is 4.56. The number of methoxy groups -OCH3 is 1. The Kier molecular flexibility index (Phi) is 7.65. The smallest absolute Gasteiger partial charge is 0.241 e. The Labute approximate surface area is 228 Å². The van der Waals surface area contributed by atoms with E-state index in [4.69, 9.17) is 9.84 Å². The zero-order valence-electron chi connectivity index (χ0n) is 22.6. The van der Waals surface area contributed by atoms with Gasteiger partial charge in [-0.2, -0.15) is 14.7 Å². The number of aromatic nitrogens is 5. The number of ether oxygens (including phenoxy) is 1. The Balaban J connectivity index is 1.51. The van der Waals surface area contributed by atoms with Crippen molar-refractivity contribution in [2.75, 3.05) is 37.9 Å². The highest BCUT2D eigenvalue weighted by atomic mass is 32.2. The van der Waals surface area contributed by atoms with Crippen molar-refractivity contribution in [2.24, 2.45) is 0 Å². The molecule has 0 spiro atoms. The molecule has 39 heavy (non-hydrogen) atoms. The summed E-state index contributed by atoms with van der Waals surface area (Å²) in [6.07, 6.45) is 8.58. The van der Waals surface area contributed by atoms with Gasteiger partial charge in [-0.3, -0.25) is 4.68 Å². The van der Waals surface area contributed by atoms with E-state index in [1.54, 1.807) is 31.1 Å². The highest BCUT2D eigenvalue weighted by molar-refractivity contribution is 7.89. The van der Waals surface area contributed by atoms with Gasteiger partial charge < -0.3 is 15.2 Å². The first-order valence-corrected chi connectivity index (χ1v) is 15.0. The molecule has 1 aliphatic heterocycles. The molecule has 2 N–H and O–H groups in total. The summed E-state index contributed by atoms with van der Waals surface area (Å²) in [5, 5.41) is 32.3. The molecule has 0 unspecified atom stereocenters. The van der Waals surface area contributed by atoms with E-state index in [2.05, 4.69) is 27.5 Å². The quantitative estimate of drug-likeness (QED) is 0.383. The number of aliphatic hydroxyl groups excluding tert-OH is 1. The Morgan fingerprint density at radius 2 is 2.03 bits per heavy atom. The largest absolute Gasteiger partial charge is 0.393 e. The van der Waals surface area contributed by atoms with E-state index >= 15 is 0 Å². The first-order chi connectivity index (χ1) is 18.7. The fourth-order valence-corrected chi connectivity index (χ4v) is 6.92. The van der Waals surface area contributed by atoms with Crippen LogP contribution < -0.4 is 5.32 Å². The molecule has 5 rings (SSSR count). The molecule has 0 bridgehead atoms. The Bertz CT molecular complexity index is 1460. The maximum atomic E-state index is 12.4. The molecule has 210 valence electrons. The van der Waals surface area contributed by atoms with Crippen LogP contribution in [0.5, 0.6) is 0 Å². The van der Waals surface area contributed by atoms with Gasteiger partial charge in [0.15, 0.2) is 0 Å². The summed E-state index contributed by atoms with van der Waals surface area (Å²) in [7, 11) is -1.68. The summed E-state index contributed by atoms with van der Waals surface area (Å²) in [6, 6.07) is 4.37. The molecule has 1 atom stereocenters. The molecule has 12 nitrogen and oxygen atoms in total. The average Bonchev–Trinajstić information content (AvgIpc) is 3.52. The van der Waals surface area contributed by atoms with Crippen molar-refractivity contribution in [1.29, 1.82) is 5.26 Å². The van der Waals surface area contributed by atoms with Gasteiger partial charge in [0.25, 0.3) is 0 Å². The first-order valence-electron chi connectivity index (χ1n) is 13.4. The summed E-state index contributed by atoms with van der Waals surface area (Å²) in [5.74, 6) is 0.772. The van der Waals surface area contributed by atoms with E-state index in [1.807, 2.05) is 17.6 Å². The second-order valence-electron chi connectivity index (χ2n) is 10.8. The molecule has 4 heterocycles. The fourth-order valence-electron chi connectivity index (χ4n) is 5.68. The number of nitriles is 1. The van der Waals surface area contributed by atoms with Gasteiger partial charge in [-0.1, -0.05) is 0 Å². The van der Waals surface area contributed by atoms with Crippen LogP contribution >= 0.6 is 0 Å². The lowest BCUT2D eigenvalue weighted by molar-refractivity contribution is 0.0719. The number of rotatable bonds is 10. The topological polar surface area (TPSA) is 151 Å². The minimum Gasteiger partial charge on any atom is -0.393 e. The van der Waals surface area contributed by atoms with Crippen LogP contribution in [-0.4, -0.2) is 86.9 Å². The zero-order chi connectivity index (χ0) is 27.8. The van der Waals surface area contributed by atoms with Crippen molar-refractivity contribution in [3.05, 3.63) is 30.4 Å². The molecule has 1 saturated carbocycles. The Morgan fingerprint density at radius 3 is 2.69 bits per heavy atom. The number of nitrogens with zero attached hydrogens (tertiary/aromatic N) is 7. The minimum absolute atomic E-state index is 0.0266. The highest BCUT2D eigenvalue weighted by Gasteiger charge is 2.49. The molecule has 0 amide bonds. The fraction of sp³-hybridized carbons (Fsp3) is 0.615. The average molecular weight is 557 g/mol. The lowest BCUT2D eigenvalue weighted by Crippen LogP contribution is -2.64. The third-order valence-electron chi connectivity index (χ3n) is 7.94. The predicted octanol–water partition coefficient (Wildman–Crippen LogP) is 2.33. The second-order valence-corrected chi connectivity index (χ2v) is 13.0. The van der Waals surface area contributed by atoms with Gasteiger partial charge in [-0.25, -0.2) is 17.9 Å². The van der Waals surface area contributed by atoms with E-state index in [0.29, 0.717) is 12.6 Å². The minimum atomic E-state index is -3.33. The molecule has 1 aliphatic carbocycles. The van der Waals surface area contributed by atoms with Crippen LogP contribution in [0.25, 0.3) is 16.6 Å². The van der Waals surface area contributed by atoms with Crippen LogP contribution in [-0.2, 0) is 20.3 Å². The van der Waals surface area contributed by atoms with E-state index in [1.165, 1.54) is 4.31 Å². The molecule has 2 fully saturated rings. The maximum Gasteiger partial charge on any atom is 0.241 e. The highest BCUT2D eigenvalue weighted by Crippen LogP contribution is 2.39. The van der Waals surface area contributed by atoms with Gasteiger partial charge in [-0.15, -0.1) is 5.10 Å². The second kappa shape index (κ2) is 10.8. The number of sulfonamides is 1. The number of nitrogens with one attached hydrogen (secondary N) is 1. The van der Waals surface area contributed by atoms with Gasteiger partial charge in [0.1, 0.15) is 5.54 Å². The maximum absolute atomic E-state index is 12.4. The zero-order valence-corrected chi connectivity index (χ0v) is 23.4. The van der Waals surface area contributed by atoms with Crippen LogP contribution in [0.1, 0.15) is 57.6 Å². The van der Waals surface area contributed by atoms with Crippen molar-refractivity contribution in [1.82, 2.24) is 28.7 Å². The van der Waals surface area contributed by atoms with E-state index in [9.17, 15) is 18.8 Å². The van der Waals surface area contributed by atoms with Gasteiger partial charge >= 0.3 is 0 Å². The van der Waals surface area contributed by atoms with Gasteiger partial charge in [0.2, 0.25) is 16.0 Å². The SMILES string of the molecule is CCS(=O)(=O)N1CC(CC#N)(n2cc(-c3cc(C4CCC(O)CC4)n4nc(N[C@@H](C)COC)ncc34)cn2)C1. The molecule has 3 aromatic rings.